The summed E-state index contributed by atoms with van der Waals surface area (Å²) in [6, 6.07) is 2.59. The average Bonchev–Trinajstić information content (AvgIpc) is 2.41. The van der Waals surface area contributed by atoms with Crippen LogP contribution in [0.2, 0.25) is 10.0 Å². The van der Waals surface area contributed by atoms with Gasteiger partial charge in [0.05, 0.1) is 17.2 Å². The summed E-state index contributed by atoms with van der Waals surface area (Å²) < 4.78 is 30.5. The molecule has 0 saturated carbocycles. The molecule has 6 nitrogen and oxygen atoms in total. The van der Waals surface area contributed by atoms with Gasteiger partial charge in [0.2, 0.25) is 10.0 Å². The van der Waals surface area contributed by atoms with Crippen molar-refractivity contribution in [2.24, 2.45) is 0 Å². The maximum Gasteiger partial charge on any atom is 0.320 e. The lowest BCUT2D eigenvalue weighted by atomic mass is 10.2. The van der Waals surface area contributed by atoms with Crippen molar-refractivity contribution >= 4 is 39.2 Å². The molecule has 0 saturated heterocycles. The summed E-state index contributed by atoms with van der Waals surface area (Å²) in [7, 11) is -2.95. The number of hydrogen-bond donors (Lipinski definition) is 2. The highest BCUT2D eigenvalue weighted by molar-refractivity contribution is 7.89. The van der Waals surface area contributed by atoms with E-state index in [0.29, 0.717) is 5.56 Å². The largest absolute Gasteiger partial charge is 0.468 e. The van der Waals surface area contributed by atoms with Gasteiger partial charge in [0.1, 0.15) is 18.0 Å². The van der Waals surface area contributed by atoms with Gasteiger partial charge in [0.25, 0.3) is 0 Å². The highest BCUT2D eigenvalue weighted by Gasteiger charge is 2.23. The van der Waals surface area contributed by atoms with Gasteiger partial charge in [-0.2, -0.15) is 4.72 Å². The van der Waals surface area contributed by atoms with Crippen molar-refractivity contribution in [3.63, 3.8) is 0 Å². The first kappa shape index (κ1) is 17.8. The normalized spacial score (nSPS) is 10.7. The molecule has 9 heteroatoms. The van der Waals surface area contributed by atoms with Gasteiger partial charge in [-0.1, -0.05) is 35.0 Å². The van der Waals surface area contributed by atoms with E-state index in [4.69, 9.17) is 28.3 Å². The van der Waals surface area contributed by atoms with Gasteiger partial charge in [-0.15, -0.1) is 0 Å². The van der Waals surface area contributed by atoms with E-state index >= 15 is 0 Å². The first-order chi connectivity index (χ1) is 9.81. The molecule has 21 heavy (non-hydrogen) atoms. The number of carbonyl (C=O) groups is 1. The van der Waals surface area contributed by atoms with Crippen molar-refractivity contribution in [2.45, 2.75) is 4.90 Å². The third-order valence-corrected chi connectivity index (χ3v) is 4.53. The molecule has 0 aromatic heterocycles. The molecule has 114 valence electrons. The van der Waals surface area contributed by atoms with Crippen molar-refractivity contribution in [2.75, 3.05) is 20.3 Å². The Kier molecular flexibility index (Phi) is 6.45. The van der Waals surface area contributed by atoms with E-state index < -0.39 is 22.5 Å². The standard InChI is InChI=1S/C12H11Cl2NO5S/c1-20-11(17)7-15-21(18,19)12-9(13)5-8(3-2-4-16)6-10(12)14/h5-6,15-16H,4,7H2,1H3. The SMILES string of the molecule is COC(=O)CNS(=O)(=O)c1c(Cl)cc(C#CCO)cc1Cl. The number of sulfonamides is 1. The summed E-state index contributed by atoms with van der Waals surface area (Å²) in [5, 5.41) is 8.30. The average molecular weight is 352 g/mol. The van der Waals surface area contributed by atoms with E-state index in [0.717, 1.165) is 7.11 Å². The third kappa shape index (κ3) is 4.88. The number of ether oxygens (including phenoxy) is 1. The summed E-state index contributed by atoms with van der Waals surface area (Å²) in [6.07, 6.45) is 0. The molecule has 0 heterocycles. The Hall–Kier alpha value is -1.30. The minimum Gasteiger partial charge on any atom is -0.468 e. The molecule has 1 aromatic rings. The number of aliphatic hydroxyl groups is 1. The molecule has 0 bridgehead atoms. The van der Waals surface area contributed by atoms with E-state index in [-0.39, 0.29) is 21.5 Å². The van der Waals surface area contributed by atoms with Crippen LogP contribution in [0.5, 0.6) is 0 Å². The maximum absolute atomic E-state index is 12.1. The fraction of sp³-hybridized carbons (Fsp3) is 0.250. The van der Waals surface area contributed by atoms with Gasteiger partial charge >= 0.3 is 5.97 Å². The molecule has 2 N–H and O–H groups in total. The van der Waals surface area contributed by atoms with Crippen LogP contribution >= 0.6 is 23.2 Å². The second-order valence-electron chi connectivity index (χ2n) is 3.63. The fourth-order valence-corrected chi connectivity index (χ4v) is 3.51. The number of halogens is 2. The lowest BCUT2D eigenvalue weighted by molar-refractivity contribution is -0.139. The fourth-order valence-electron chi connectivity index (χ4n) is 1.33. The van der Waals surface area contributed by atoms with Crippen molar-refractivity contribution in [3.8, 4) is 11.8 Å². The van der Waals surface area contributed by atoms with Crippen LogP contribution in [0.1, 0.15) is 5.56 Å². The zero-order valence-electron chi connectivity index (χ0n) is 10.8. The number of carbonyl (C=O) groups excluding carboxylic acids is 1. The Labute approximate surface area is 132 Å². The summed E-state index contributed by atoms with van der Waals surface area (Å²) in [5.41, 5.74) is 0.353. The van der Waals surface area contributed by atoms with Crippen LogP contribution < -0.4 is 4.72 Å². The molecular formula is C12H11Cl2NO5S. The third-order valence-electron chi connectivity index (χ3n) is 2.21. The summed E-state index contributed by atoms with van der Waals surface area (Å²) in [6.45, 7) is -0.895. The Morgan fingerprint density at radius 1 is 1.38 bits per heavy atom. The van der Waals surface area contributed by atoms with Gasteiger partial charge in [-0.3, -0.25) is 4.79 Å². The molecule has 0 spiro atoms. The van der Waals surface area contributed by atoms with Crippen molar-refractivity contribution in [1.29, 1.82) is 0 Å². The first-order valence-corrected chi connectivity index (χ1v) is 7.71. The van der Waals surface area contributed by atoms with Crippen LogP contribution in [0.25, 0.3) is 0 Å². The van der Waals surface area contributed by atoms with Crippen molar-refractivity contribution < 1.29 is 23.1 Å². The molecular weight excluding hydrogens is 341 g/mol. The van der Waals surface area contributed by atoms with Crippen LogP contribution in [0.4, 0.5) is 0 Å². The number of nitrogens with one attached hydrogen (secondary N) is 1. The number of benzene rings is 1. The van der Waals surface area contributed by atoms with Gasteiger partial charge < -0.3 is 9.84 Å². The van der Waals surface area contributed by atoms with E-state index in [1.807, 2.05) is 4.72 Å². The minimum atomic E-state index is -4.08. The van der Waals surface area contributed by atoms with E-state index in [9.17, 15) is 13.2 Å². The van der Waals surface area contributed by atoms with Gasteiger partial charge in [0, 0.05) is 5.56 Å². The van der Waals surface area contributed by atoms with Gasteiger partial charge in [0.15, 0.2) is 0 Å². The number of esters is 1. The lowest BCUT2D eigenvalue weighted by Gasteiger charge is -2.10. The summed E-state index contributed by atoms with van der Waals surface area (Å²) >= 11 is 11.8. The van der Waals surface area contributed by atoms with Crippen LogP contribution in [0, 0.1) is 11.8 Å². The molecule has 0 amide bonds. The maximum atomic E-state index is 12.1. The Bertz CT molecular complexity index is 683. The second kappa shape index (κ2) is 7.64. The highest BCUT2D eigenvalue weighted by Crippen LogP contribution is 2.30. The lowest BCUT2D eigenvalue weighted by Crippen LogP contribution is -2.30. The smallest absolute Gasteiger partial charge is 0.320 e. The molecule has 1 rings (SSSR count). The number of rotatable bonds is 4. The molecule has 0 aliphatic carbocycles. The number of aliphatic hydroxyl groups excluding tert-OH is 1. The van der Waals surface area contributed by atoms with Crippen molar-refractivity contribution in [3.05, 3.63) is 27.7 Å². The van der Waals surface area contributed by atoms with E-state index in [2.05, 4.69) is 16.6 Å². The number of methoxy groups -OCH3 is 1. The Morgan fingerprint density at radius 2 is 1.95 bits per heavy atom. The van der Waals surface area contributed by atoms with Gasteiger partial charge in [-0.25, -0.2) is 8.42 Å². The van der Waals surface area contributed by atoms with Crippen LogP contribution in [0.3, 0.4) is 0 Å². The zero-order chi connectivity index (χ0) is 16.0. The molecule has 0 atom stereocenters. The molecule has 1 aromatic carbocycles. The van der Waals surface area contributed by atoms with Crippen LogP contribution in [0.15, 0.2) is 17.0 Å². The predicted octanol–water partition coefficient (Wildman–Crippen LogP) is 0.789. The highest BCUT2D eigenvalue weighted by atomic mass is 35.5. The van der Waals surface area contributed by atoms with Gasteiger partial charge in [-0.05, 0) is 12.1 Å². The first-order valence-electron chi connectivity index (χ1n) is 5.47. The quantitative estimate of drug-likeness (QED) is 0.617. The second-order valence-corrected chi connectivity index (χ2v) is 6.15. The van der Waals surface area contributed by atoms with Crippen LogP contribution in [-0.2, 0) is 19.6 Å². The topological polar surface area (TPSA) is 92.7 Å². The van der Waals surface area contributed by atoms with Crippen LogP contribution in [-0.4, -0.2) is 39.8 Å². The molecule has 0 fully saturated rings. The Morgan fingerprint density at radius 3 is 2.43 bits per heavy atom. The van der Waals surface area contributed by atoms with Crippen molar-refractivity contribution in [1.82, 2.24) is 4.72 Å². The number of hydrogen-bond acceptors (Lipinski definition) is 5. The van der Waals surface area contributed by atoms with E-state index in [1.165, 1.54) is 12.1 Å². The monoisotopic (exact) mass is 351 g/mol. The molecule has 0 aliphatic rings. The summed E-state index contributed by atoms with van der Waals surface area (Å²) in [5.74, 6) is 4.19. The van der Waals surface area contributed by atoms with E-state index in [1.54, 1.807) is 0 Å². The molecule has 0 aliphatic heterocycles. The summed E-state index contributed by atoms with van der Waals surface area (Å²) in [4.78, 5) is 10.6. The molecule has 0 unspecified atom stereocenters. The Balaban J connectivity index is 3.16. The molecule has 0 radical (unpaired) electrons. The minimum absolute atomic E-state index is 0.151. The predicted molar refractivity (Wildman–Crippen MR) is 77.6 cm³/mol. The zero-order valence-corrected chi connectivity index (χ0v) is 13.1.